The molecule has 740 valence electrons. The third-order valence-corrected chi connectivity index (χ3v) is 24.0. The van der Waals surface area contributed by atoms with E-state index in [-0.39, 0.29) is 19.3 Å². The lowest BCUT2D eigenvalue weighted by Crippen LogP contribution is -2.30. The van der Waals surface area contributed by atoms with Crippen molar-refractivity contribution in [1.82, 2.24) is 0 Å². The van der Waals surface area contributed by atoms with Gasteiger partial charge < -0.3 is 34.2 Å². The number of carbonyl (C=O) groups excluding carboxylic acids is 3. The number of ether oxygens (including phenoxy) is 3. The summed E-state index contributed by atoms with van der Waals surface area (Å²) in [6.07, 6.45) is 135. The number of hydrogen-bond donors (Lipinski definition) is 4. The average molecular weight is 1840 g/mol. The highest BCUT2D eigenvalue weighted by molar-refractivity contribution is 7.47. The van der Waals surface area contributed by atoms with Crippen LogP contribution in [-0.4, -0.2) is 95.9 Å². The number of phosphoric acid groups is 2. The molecule has 0 amide bonds. The zero-order chi connectivity index (χ0) is 93.5. The summed E-state index contributed by atoms with van der Waals surface area (Å²) in [5.74, 6) is -1.57. The minimum Gasteiger partial charge on any atom is -0.463 e. The first kappa shape index (κ1) is 124. The van der Waals surface area contributed by atoms with Crippen LogP contribution in [0.1, 0.15) is 445 Å². The van der Waals surface area contributed by atoms with Crippen molar-refractivity contribution in [2.45, 2.75) is 463 Å². The summed E-state index contributed by atoms with van der Waals surface area (Å²) >= 11 is 0. The third-order valence-electron chi connectivity index (χ3n) is 22.1. The second-order valence-corrected chi connectivity index (χ2v) is 37.5. The van der Waals surface area contributed by atoms with Crippen molar-refractivity contribution in [3.05, 3.63) is 182 Å². The molecule has 4 N–H and O–H groups in total. The smallest absolute Gasteiger partial charge is 0.463 e. The van der Waals surface area contributed by atoms with Gasteiger partial charge in [0, 0.05) is 19.3 Å². The van der Waals surface area contributed by atoms with Crippen molar-refractivity contribution in [1.29, 1.82) is 0 Å². The van der Waals surface area contributed by atoms with Gasteiger partial charge >= 0.3 is 33.6 Å². The number of phosphoric ester groups is 2. The monoisotopic (exact) mass is 1840 g/mol. The minimum atomic E-state index is -4.95. The maximum atomic E-state index is 13.1. The molecule has 129 heavy (non-hydrogen) atoms. The van der Waals surface area contributed by atoms with Gasteiger partial charge in [0.25, 0.3) is 0 Å². The third kappa shape index (κ3) is 103. The molecule has 0 saturated carbocycles. The molecular formula is C111H190O16P2. The van der Waals surface area contributed by atoms with Crippen LogP contribution >= 0.6 is 15.6 Å². The molecule has 0 rings (SSSR count). The van der Waals surface area contributed by atoms with E-state index in [9.17, 15) is 43.5 Å². The lowest BCUT2D eigenvalue weighted by Gasteiger charge is -2.21. The van der Waals surface area contributed by atoms with Gasteiger partial charge in [0.15, 0.2) is 6.10 Å². The molecule has 0 heterocycles. The van der Waals surface area contributed by atoms with E-state index >= 15 is 0 Å². The zero-order valence-corrected chi connectivity index (χ0v) is 83.8. The molecule has 16 nitrogen and oxygen atoms in total. The summed E-state index contributed by atoms with van der Waals surface area (Å²) in [4.78, 5) is 59.2. The van der Waals surface area contributed by atoms with E-state index in [1.54, 1.807) is 0 Å². The van der Waals surface area contributed by atoms with E-state index in [4.69, 9.17) is 32.3 Å². The molecule has 0 aromatic rings. The summed E-state index contributed by atoms with van der Waals surface area (Å²) in [6.45, 7) is 2.49. The number of aliphatic hydroxyl groups is 2. The molecule has 5 unspecified atom stereocenters. The highest BCUT2D eigenvalue weighted by Crippen LogP contribution is 2.45. The number of rotatable bonds is 98. The molecule has 18 heteroatoms. The van der Waals surface area contributed by atoms with Crippen molar-refractivity contribution in [3.63, 3.8) is 0 Å². The number of unbranched alkanes of at least 4 members (excludes halogenated alkanes) is 45. The lowest BCUT2D eigenvalue weighted by atomic mass is 10.0. The number of aliphatic hydroxyl groups excluding tert-OH is 2. The molecule has 0 radical (unpaired) electrons. The van der Waals surface area contributed by atoms with Crippen LogP contribution in [0.3, 0.4) is 0 Å². The number of carbonyl (C=O) groups is 3. The average Bonchev–Trinajstić information content (AvgIpc) is 0.898. The Morgan fingerprint density at radius 3 is 0.651 bits per heavy atom. The van der Waals surface area contributed by atoms with Crippen LogP contribution in [-0.2, 0) is 55.8 Å². The van der Waals surface area contributed by atoms with E-state index in [0.29, 0.717) is 19.3 Å². The van der Waals surface area contributed by atoms with Crippen LogP contribution in [0.15, 0.2) is 182 Å². The summed E-state index contributed by atoms with van der Waals surface area (Å²) in [6, 6.07) is 0. The molecule has 0 aromatic heterocycles. The van der Waals surface area contributed by atoms with Crippen LogP contribution in [0.2, 0.25) is 0 Å². The van der Waals surface area contributed by atoms with Gasteiger partial charge in [-0.05, 0) is 161 Å². The van der Waals surface area contributed by atoms with E-state index in [1.165, 1.54) is 212 Å². The Kier molecular flexibility index (Phi) is 97.4. The molecule has 0 aliphatic rings. The Bertz CT molecular complexity index is 3080. The second-order valence-electron chi connectivity index (χ2n) is 34.6. The van der Waals surface area contributed by atoms with Crippen LogP contribution in [0, 0.1) is 0 Å². The molecule has 0 bridgehead atoms. The fourth-order valence-electron chi connectivity index (χ4n) is 14.3. The highest BCUT2D eigenvalue weighted by atomic mass is 31.2. The summed E-state index contributed by atoms with van der Waals surface area (Å²) < 4.78 is 61.7. The Hall–Kier alpha value is -5.35. The maximum Gasteiger partial charge on any atom is 0.472 e. The quantitative estimate of drug-likeness (QED) is 0.0146. The molecule has 0 aliphatic heterocycles. The largest absolute Gasteiger partial charge is 0.472 e. The number of esters is 3. The Morgan fingerprint density at radius 1 is 0.225 bits per heavy atom. The van der Waals surface area contributed by atoms with E-state index in [2.05, 4.69) is 203 Å². The summed E-state index contributed by atoms with van der Waals surface area (Å²) in [5.41, 5.74) is 0. The first-order chi connectivity index (χ1) is 63.2. The molecule has 0 aliphatic carbocycles. The first-order valence-electron chi connectivity index (χ1n) is 52.1. The predicted molar refractivity (Wildman–Crippen MR) is 546 cm³/mol. The first-order valence-corrected chi connectivity index (χ1v) is 55.1. The van der Waals surface area contributed by atoms with Crippen molar-refractivity contribution >= 4 is 33.6 Å². The molecular weight excluding hydrogens is 1650 g/mol. The second kappa shape index (κ2) is 102. The Balaban J connectivity index is 4.59. The van der Waals surface area contributed by atoms with Gasteiger partial charge in [-0.3, -0.25) is 32.5 Å². The van der Waals surface area contributed by atoms with Gasteiger partial charge in [-0.25, -0.2) is 9.13 Å². The van der Waals surface area contributed by atoms with Crippen molar-refractivity contribution in [2.75, 3.05) is 39.6 Å². The molecule has 0 spiro atoms. The Morgan fingerprint density at radius 2 is 0.411 bits per heavy atom. The Labute approximate surface area is 789 Å². The fourth-order valence-corrected chi connectivity index (χ4v) is 15.9. The molecule has 0 aromatic carbocycles. The van der Waals surface area contributed by atoms with Crippen LogP contribution in [0.25, 0.3) is 0 Å². The van der Waals surface area contributed by atoms with E-state index < -0.39 is 91.5 Å². The molecule has 0 fully saturated rings. The SMILES string of the molecule is CC/C=C\C/C=C\C/C=C\C/C=C\C/C=C\C/C=C\CCCCCCCCCCCCCCC(=O)OCC(COP(=O)(O)OCC(O)COP(=O)(O)OCC(O)COC(=O)CCCCCCCCCCCCCCCCCCCCC/C=C\C/C=C\C/C=C\C/C=C\CCCCC)OC(=O)CCCCCCCCCCCCC/C=C\C/C=C\C/C=C\C/C=C\C/C=C\CC. The van der Waals surface area contributed by atoms with Gasteiger partial charge in [0.2, 0.25) is 0 Å². The number of hydrogen-bond acceptors (Lipinski definition) is 14. The van der Waals surface area contributed by atoms with Crippen LogP contribution < -0.4 is 0 Å². The topological polar surface area (TPSA) is 231 Å². The summed E-state index contributed by atoms with van der Waals surface area (Å²) in [7, 11) is -9.82. The van der Waals surface area contributed by atoms with Gasteiger partial charge in [0.1, 0.15) is 25.4 Å². The van der Waals surface area contributed by atoms with E-state index in [1.807, 2.05) is 0 Å². The number of allylic oxidation sites excluding steroid dienone is 30. The summed E-state index contributed by atoms with van der Waals surface area (Å²) in [5, 5.41) is 20.8. The standard InChI is InChI=1S/C111H190O16P2/c1-4-7-10-13-16-19-22-25-28-31-34-37-40-43-46-48-50-51-52-53-55-57-59-61-64-67-70-73-76-79-82-85-88-91-94-97-109(114)121-100-106(112)101-123-128(117,118)124-102-107(113)103-125-129(119,120)126-105-108(127-111(116)99-96-93-90-87-84-81-78-75-72-69-66-63-58-45-42-39-36-33-30-27-24-21-18-15-12-9-6-3)104-122-110(115)98-95-92-89-86-83-80-77-74-71-68-65-62-60-56-54-49-47-44-41-38-35-32-29-26-23-20-17-14-11-8-5-2/h8-9,11-12,16-21,25-30,34-39,43-47,54,56,58,106-108,112-113H,4-7,10,13-15,22-24,31-33,40-42,48-53,55,57,59-105H2,1-3H3,(H,117,118)(H,119,120)/b11-8-,12-9-,19-16-,20-17-,21-18-,28-25-,29-26-,30-27-,37-34-,38-35-,39-36-,46-43-,47-44-,56-54-,58-45-. The maximum absolute atomic E-state index is 13.1. The van der Waals surface area contributed by atoms with Crippen molar-refractivity contribution in [2.24, 2.45) is 0 Å². The minimum absolute atomic E-state index is 0.0958. The van der Waals surface area contributed by atoms with Gasteiger partial charge in [0.05, 0.1) is 26.4 Å². The van der Waals surface area contributed by atoms with Gasteiger partial charge in [-0.1, -0.05) is 447 Å². The van der Waals surface area contributed by atoms with Gasteiger partial charge in [-0.15, -0.1) is 0 Å². The predicted octanol–water partition coefficient (Wildman–Crippen LogP) is 33.1. The van der Waals surface area contributed by atoms with Crippen LogP contribution in [0.5, 0.6) is 0 Å². The van der Waals surface area contributed by atoms with Crippen molar-refractivity contribution < 1.29 is 75.8 Å². The molecule has 5 atom stereocenters. The zero-order valence-electron chi connectivity index (χ0n) is 82.0. The van der Waals surface area contributed by atoms with E-state index in [0.717, 1.165) is 173 Å². The van der Waals surface area contributed by atoms with Crippen LogP contribution in [0.4, 0.5) is 0 Å². The normalized spacial score (nSPS) is 14.4. The van der Waals surface area contributed by atoms with Gasteiger partial charge in [-0.2, -0.15) is 0 Å². The highest BCUT2D eigenvalue weighted by Gasteiger charge is 2.30. The molecule has 0 saturated heterocycles. The van der Waals surface area contributed by atoms with Crippen molar-refractivity contribution in [3.8, 4) is 0 Å². The lowest BCUT2D eigenvalue weighted by molar-refractivity contribution is -0.161. The fraction of sp³-hybridized carbons (Fsp3) is 0.703.